The van der Waals surface area contributed by atoms with Gasteiger partial charge < -0.3 is 14.9 Å². The molecule has 0 saturated carbocycles. The molecule has 0 aliphatic carbocycles. The van der Waals surface area contributed by atoms with Crippen LogP contribution in [0.25, 0.3) is 0 Å². The molecule has 2 atom stereocenters. The van der Waals surface area contributed by atoms with Crippen molar-refractivity contribution in [2.75, 3.05) is 6.61 Å². The van der Waals surface area contributed by atoms with E-state index in [0.29, 0.717) is 23.5 Å². The van der Waals surface area contributed by atoms with E-state index in [0.717, 1.165) is 16.7 Å². The lowest BCUT2D eigenvalue weighted by Crippen LogP contribution is -2.26. The van der Waals surface area contributed by atoms with Gasteiger partial charge in [0, 0.05) is 23.0 Å². The first kappa shape index (κ1) is 17.4. The standard InChI is InChI=1S/C23H21FO3/c1-13-11-16(5-9-20(13)24)22-18-8-10-21(26)14(2)23(18)27-12-19(22)15-3-6-17(25)7-4-15/h3-11,19,22,25-26H,12H2,1-2H3/t19-,22-/m1/s1. The first-order valence-corrected chi connectivity index (χ1v) is 8.96. The Bertz CT molecular complexity index is 995. The lowest BCUT2D eigenvalue weighted by atomic mass is 9.75. The summed E-state index contributed by atoms with van der Waals surface area (Å²) in [5, 5.41) is 19.7. The van der Waals surface area contributed by atoms with Crippen molar-refractivity contribution >= 4 is 0 Å². The molecule has 3 nitrogen and oxygen atoms in total. The molecule has 1 aliphatic rings. The maximum atomic E-state index is 13.9. The van der Waals surface area contributed by atoms with Crippen molar-refractivity contribution in [3.05, 3.63) is 88.2 Å². The number of aryl methyl sites for hydroxylation is 1. The van der Waals surface area contributed by atoms with Gasteiger partial charge in [-0.25, -0.2) is 4.39 Å². The molecule has 0 aromatic heterocycles. The monoisotopic (exact) mass is 364 g/mol. The van der Waals surface area contributed by atoms with Crippen molar-refractivity contribution in [3.8, 4) is 17.2 Å². The molecule has 4 heteroatoms. The van der Waals surface area contributed by atoms with Crippen molar-refractivity contribution in [1.82, 2.24) is 0 Å². The molecule has 138 valence electrons. The van der Waals surface area contributed by atoms with Gasteiger partial charge in [-0.05, 0) is 54.8 Å². The van der Waals surface area contributed by atoms with E-state index in [9.17, 15) is 14.6 Å². The summed E-state index contributed by atoms with van der Waals surface area (Å²) in [6, 6.07) is 15.9. The Labute approximate surface area is 157 Å². The number of benzene rings is 3. The highest BCUT2D eigenvalue weighted by Gasteiger charge is 2.35. The third-order valence-electron chi connectivity index (χ3n) is 5.41. The fourth-order valence-corrected chi connectivity index (χ4v) is 3.91. The summed E-state index contributed by atoms with van der Waals surface area (Å²) in [6.07, 6.45) is 0. The Balaban J connectivity index is 1.90. The zero-order valence-electron chi connectivity index (χ0n) is 15.2. The number of phenols is 2. The highest BCUT2D eigenvalue weighted by atomic mass is 19.1. The Hall–Kier alpha value is -3.01. The Kier molecular flexibility index (Phi) is 4.27. The van der Waals surface area contributed by atoms with Crippen LogP contribution in [0.15, 0.2) is 54.6 Å². The molecule has 3 aromatic carbocycles. The number of rotatable bonds is 2. The molecule has 0 bridgehead atoms. The minimum Gasteiger partial charge on any atom is -0.508 e. The van der Waals surface area contributed by atoms with Gasteiger partial charge in [0.15, 0.2) is 0 Å². The Morgan fingerprint density at radius 3 is 2.33 bits per heavy atom. The number of phenolic OH excluding ortho intramolecular Hbond substituents is 2. The lowest BCUT2D eigenvalue weighted by Gasteiger charge is -2.35. The maximum absolute atomic E-state index is 13.9. The highest BCUT2D eigenvalue weighted by Crippen LogP contribution is 2.48. The van der Waals surface area contributed by atoms with Crippen molar-refractivity contribution < 1.29 is 19.3 Å². The largest absolute Gasteiger partial charge is 0.508 e. The van der Waals surface area contributed by atoms with Crippen molar-refractivity contribution in [2.24, 2.45) is 0 Å². The van der Waals surface area contributed by atoms with Crippen LogP contribution in [0.1, 0.15) is 39.7 Å². The smallest absolute Gasteiger partial charge is 0.129 e. The van der Waals surface area contributed by atoms with Crippen LogP contribution >= 0.6 is 0 Å². The van der Waals surface area contributed by atoms with E-state index in [4.69, 9.17) is 4.74 Å². The summed E-state index contributed by atoms with van der Waals surface area (Å²) in [6.45, 7) is 4.03. The van der Waals surface area contributed by atoms with E-state index in [1.165, 1.54) is 6.07 Å². The van der Waals surface area contributed by atoms with Gasteiger partial charge >= 0.3 is 0 Å². The fraction of sp³-hybridized carbons (Fsp3) is 0.217. The minimum absolute atomic E-state index is 0.00639. The predicted molar refractivity (Wildman–Crippen MR) is 102 cm³/mol. The molecular formula is C23H21FO3. The first-order chi connectivity index (χ1) is 13.0. The quantitative estimate of drug-likeness (QED) is 0.660. The molecule has 3 aromatic rings. The predicted octanol–water partition coefficient (Wildman–Crippen LogP) is 5.16. The fourth-order valence-electron chi connectivity index (χ4n) is 3.91. The molecule has 4 rings (SSSR count). The number of fused-ring (bicyclic) bond motifs is 1. The second-order valence-electron chi connectivity index (χ2n) is 7.12. The third kappa shape index (κ3) is 3.01. The van der Waals surface area contributed by atoms with Crippen molar-refractivity contribution in [2.45, 2.75) is 25.7 Å². The summed E-state index contributed by atoms with van der Waals surface area (Å²) in [4.78, 5) is 0. The SMILES string of the molecule is Cc1cc([C@@H]2c3ccc(O)c(C)c3OC[C@@H]2c2ccc(O)cc2)ccc1F. The average Bonchev–Trinajstić information content (AvgIpc) is 2.67. The Morgan fingerprint density at radius 1 is 0.926 bits per heavy atom. The number of hydrogen-bond donors (Lipinski definition) is 2. The summed E-state index contributed by atoms with van der Waals surface area (Å²) in [5.41, 5.74) is 4.32. The molecule has 0 radical (unpaired) electrons. The van der Waals surface area contributed by atoms with E-state index in [2.05, 4.69) is 0 Å². The van der Waals surface area contributed by atoms with Crippen LogP contribution in [0.2, 0.25) is 0 Å². The Morgan fingerprint density at radius 2 is 1.63 bits per heavy atom. The van der Waals surface area contributed by atoms with Crippen molar-refractivity contribution in [1.29, 1.82) is 0 Å². The van der Waals surface area contributed by atoms with Gasteiger partial charge in [-0.3, -0.25) is 0 Å². The second kappa shape index (κ2) is 6.62. The van der Waals surface area contributed by atoms with Crippen LogP contribution in [0.5, 0.6) is 17.2 Å². The van der Waals surface area contributed by atoms with Crippen LogP contribution in [-0.4, -0.2) is 16.8 Å². The molecule has 27 heavy (non-hydrogen) atoms. The molecule has 0 unspecified atom stereocenters. The van der Waals surface area contributed by atoms with Crippen LogP contribution < -0.4 is 4.74 Å². The first-order valence-electron chi connectivity index (χ1n) is 8.96. The summed E-state index contributed by atoms with van der Waals surface area (Å²) < 4.78 is 19.9. The van der Waals surface area contributed by atoms with Gasteiger partial charge in [0.25, 0.3) is 0 Å². The van der Waals surface area contributed by atoms with E-state index in [1.807, 2.05) is 37.3 Å². The summed E-state index contributed by atoms with van der Waals surface area (Å²) in [7, 11) is 0. The normalized spacial score (nSPS) is 18.6. The molecular weight excluding hydrogens is 343 g/mol. The van der Waals surface area contributed by atoms with Crippen LogP contribution in [0.3, 0.4) is 0 Å². The molecule has 0 fully saturated rings. The topological polar surface area (TPSA) is 49.7 Å². The van der Waals surface area contributed by atoms with Gasteiger partial charge in [0.1, 0.15) is 23.1 Å². The molecule has 0 amide bonds. The number of ether oxygens (including phenoxy) is 1. The van der Waals surface area contributed by atoms with E-state index < -0.39 is 0 Å². The van der Waals surface area contributed by atoms with Crippen LogP contribution in [0.4, 0.5) is 4.39 Å². The van der Waals surface area contributed by atoms with Gasteiger partial charge in [0.05, 0.1) is 6.61 Å². The van der Waals surface area contributed by atoms with Gasteiger partial charge in [-0.15, -0.1) is 0 Å². The van der Waals surface area contributed by atoms with Crippen LogP contribution in [0, 0.1) is 19.7 Å². The summed E-state index contributed by atoms with van der Waals surface area (Å²) in [5.74, 6) is 0.839. The number of halogens is 1. The van der Waals surface area contributed by atoms with Gasteiger partial charge in [0.2, 0.25) is 0 Å². The third-order valence-corrected chi connectivity index (χ3v) is 5.41. The highest BCUT2D eigenvalue weighted by molar-refractivity contribution is 5.55. The zero-order valence-corrected chi connectivity index (χ0v) is 15.2. The number of aromatic hydroxyl groups is 2. The summed E-state index contributed by atoms with van der Waals surface area (Å²) >= 11 is 0. The second-order valence-corrected chi connectivity index (χ2v) is 7.12. The van der Waals surface area contributed by atoms with E-state index >= 15 is 0 Å². The lowest BCUT2D eigenvalue weighted by molar-refractivity contribution is 0.245. The molecule has 0 spiro atoms. The average molecular weight is 364 g/mol. The van der Waals surface area contributed by atoms with Gasteiger partial charge in [-0.2, -0.15) is 0 Å². The van der Waals surface area contributed by atoms with Crippen molar-refractivity contribution in [3.63, 3.8) is 0 Å². The molecule has 0 saturated heterocycles. The van der Waals surface area contributed by atoms with Gasteiger partial charge in [-0.1, -0.05) is 30.3 Å². The van der Waals surface area contributed by atoms with Crippen LogP contribution in [-0.2, 0) is 0 Å². The zero-order chi connectivity index (χ0) is 19.1. The maximum Gasteiger partial charge on any atom is 0.129 e. The minimum atomic E-state index is -0.228. The van der Waals surface area contributed by atoms with E-state index in [1.54, 1.807) is 25.1 Å². The molecule has 1 heterocycles. The van der Waals surface area contributed by atoms with E-state index in [-0.39, 0.29) is 29.2 Å². The molecule has 1 aliphatic heterocycles. The number of hydrogen-bond acceptors (Lipinski definition) is 3. The molecule has 2 N–H and O–H groups in total.